The van der Waals surface area contributed by atoms with Crippen LogP contribution >= 0.6 is 11.6 Å². The Labute approximate surface area is 92.7 Å². The standard InChI is InChI=1S/C9H12ClN3O2/c1-15-7-5-13(4-6(7)14)9-8(10)11-2-3-12-9/h2-3,6-7,14H,4-5H2,1H3/t6-,7+/m1/s1. The minimum Gasteiger partial charge on any atom is -0.388 e. The Morgan fingerprint density at radius 2 is 2.20 bits per heavy atom. The zero-order valence-electron chi connectivity index (χ0n) is 8.30. The van der Waals surface area contributed by atoms with Gasteiger partial charge in [0, 0.05) is 32.6 Å². The van der Waals surface area contributed by atoms with Crippen LogP contribution in [-0.2, 0) is 4.74 Å². The number of rotatable bonds is 2. The topological polar surface area (TPSA) is 58.5 Å². The van der Waals surface area contributed by atoms with Crippen molar-refractivity contribution >= 4 is 17.4 Å². The van der Waals surface area contributed by atoms with Gasteiger partial charge in [-0.05, 0) is 0 Å². The Morgan fingerprint density at radius 3 is 2.80 bits per heavy atom. The van der Waals surface area contributed by atoms with Gasteiger partial charge in [0.1, 0.15) is 6.10 Å². The highest BCUT2D eigenvalue weighted by atomic mass is 35.5. The molecule has 2 heterocycles. The molecule has 6 heteroatoms. The monoisotopic (exact) mass is 229 g/mol. The van der Waals surface area contributed by atoms with E-state index in [1.165, 1.54) is 6.20 Å². The molecule has 2 atom stereocenters. The lowest BCUT2D eigenvalue weighted by molar-refractivity contribution is 0.0217. The summed E-state index contributed by atoms with van der Waals surface area (Å²) in [5.74, 6) is 0.595. The number of hydrogen-bond acceptors (Lipinski definition) is 5. The molecule has 0 unspecified atom stereocenters. The molecule has 0 spiro atoms. The van der Waals surface area contributed by atoms with Gasteiger partial charge in [-0.1, -0.05) is 11.6 Å². The van der Waals surface area contributed by atoms with Crippen LogP contribution in [0.5, 0.6) is 0 Å². The fourth-order valence-electron chi connectivity index (χ4n) is 1.69. The van der Waals surface area contributed by atoms with Crippen LogP contribution in [0.1, 0.15) is 0 Å². The van der Waals surface area contributed by atoms with Gasteiger partial charge in [0.15, 0.2) is 11.0 Å². The van der Waals surface area contributed by atoms with Crippen molar-refractivity contribution in [2.45, 2.75) is 12.2 Å². The second-order valence-electron chi connectivity index (χ2n) is 3.42. The van der Waals surface area contributed by atoms with Crippen molar-refractivity contribution in [2.75, 3.05) is 25.1 Å². The summed E-state index contributed by atoms with van der Waals surface area (Å²) in [6.45, 7) is 1.05. The molecule has 0 bridgehead atoms. The molecule has 1 aliphatic heterocycles. The largest absolute Gasteiger partial charge is 0.388 e. The van der Waals surface area contributed by atoms with Crippen molar-refractivity contribution in [3.8, 4) is 0 Å². The van der Waals surface area contributed by atoms with Gasteiger partial charge in [-0.2, -0.15) is 0 Å². The number of nitrogens with zero attached hydrogens (tertiary/aromatic N) is 3. The molecule has 15 heavy (non-hydrogen) atoms. The Bertz CT molecular complexity index is 350. The average Bonchev–Trinajstić information content (AvgIpc) is 2.60. The molecule has 0 radical (unpaired) electrons. The number of methoxy groups -OCH3 is 1. The molecule has 1 aliphatic rings. The van der Waals surface area contributed by atoms with E-state index in [4.69, 9.17) is 16.3 Å². The van der Waals surface area contributed by atoms with Crippen LogP contribution in [0.25, 0.3) is 0 Å². The van der Waals surface area contributed by atoms with Crippen LogP contribution in [0.2, 0.25) is 5.15 Å². The summed E-state index contributed by atoms with van der Waals surface area (Å²) in [7, 11) is 1.58. The van der Waals surface area contributed by atoms with Crippen LogP contribution in [-0.4, -0.2) is 47.5 Å². The van der Waals surface area contributed by atoms with Gasteiger partial charge in [-0.25, -0.2) is 9.97 Å². The Kier molecular flexibility index (Phi) is 3.04. The van der Waals surface area contributed by atoms with E-state index >= 15 is 0 Å². The smallest absolute Gasteiger partial charge is 0.171 e. The third kappa shape index (κ3) is 2.04. The first-order chi connectivity index (χ1) is 7.22. The zero-order valence-corrected chi connectivity index (χ0v) is 9.05. The van der Waals surface area contributed by atoms with E-state index in [1.807, 2.05) is 4.90 Å². The number of ether oxygens (including phenoxy) is 1. The molecule has 82 valence electrons. The van der Waals surface area contributed by atoms with Gasteiger partial charge in [-0.3, -0.25) is 0 Å². The molecule has 0 saturated carbocycles. The highest BCUT2D eigenvalue weighted by molar-refractivity contribution is 6.31. The van der Waals surface area contributed by atoms with Crippen molar-refractivity contribution in [2.24, 2.45) is 0 Å². The number of anilines is 1. The van der Waals surface area contributed by atoms with Crippen molar-refractivity contribution in [3.63, 3.8) is 0 Å². The van der Waals surface area contributed by atoms with Crippen molar-refractivity contribution in [3.05, 3.63) is 17.5 Å². The third-order valence-electron chi connectivity index (χ3n) is 2.48. The highest BCUT2D eigenvalue weighted by Crippen LogP contribution is 2.24. The van der Waals surface area contributed by atoms with E-state index in [1.54, 1.807) is 13.3 Å². The quantitative estimate of drug-likeness (QED) is 0.792. The van der Waals surface area contributed by atoms with Gasteiger partial charge < -0.3 is 14.7 Å². The van der Waals surface area contributed by atoms with Crippen LogP contribution in [0.3, 0.4) is 0 Å². The van der Waals surface area contributed by atoms with Crippen molar-refractivity contribution in [1.29, 1.82) is 0 Å². The van der Waals surface area contributed by atoms with Crippen LogP contribution in [0.4, 0.5) is 5.82 Å². The fourth-order valence-corrected chi connectivity index (χ4v) is 1.91. The normalized spacial score (nSPS) is 25.9. The lowest BCUT2D eigenvalue weighted by atomic mass is 10.3. The summed E-state index contributed by atoms with van der Waals surface area (Å²) in [6.07, 6.45) is 2.41. The maximum atomic E-state index is 9.65. The van der Waals surface area contributed by atoms with Gasteiger partial charge >= 0.3 is 0 Å². The Hall–Kier alpha value is -0.910. The minimum absolute atomic E-state index is 0.192. The summed E-state index contributed by atoms with van der Waals surface area (Å²) >= 11 is 5.91. The molecule has 1 aromatic rings. The molecular weight excluding hydrogens is 218 g/mol. The molecule has 1 aromatic heterocycles. The van der Waals surface area contributed by atoms with Crippen LogP contribution in [0.15, 0.2) is 12.4 Å². The van der Waals surface area contributed by atoms with E-state index < -0.39 is 6.10 Å². The molecule has 2 rings (SSSR count). The van der Waals surface area contributed by atoms with E-state index in [2.05, 4.69) is 9.97 Å². The molecule has 0 aromatic carbocycles. The number of aliphatic hydroxyl groups excluding tert-OH is 1. The van der Waals surface area contributed by atoms with Gasteiger partial charge in [0.25, 0.3) is 0 Å². The second-order valence-corrected chi connectivity index (χ2v) is 3.78. The summed E-state index contributed by atoms with van der Waals surface area (Å²) in [4.78, 5) is 9.94. The molecule has 0 aliphatic carbocycles. The lowest BCUT2D eigenvalue weighted by Crippen LogP contribution is -2.25. The Balaban J connectivity index is 2.17. The molecule has 1 fully saturated rings. The molecular formula is C9H12ClN3O2. The number of β-amino-alcohol motifs (C(OH)–C–C–N with tert-alkyl or cyclic N) is 1. The molecule has 1 saturated heterocycles. The number of halogens is 1. The van der Waals surface area contributed by atoms with Gasteiger partial charge in [0.05, 0.1) is 6.10 Å². The van der Waals surface area contributed by atoms with Crippen LogP contribution < -0.4 is 4.90 Å². The summed E-state index contributed by atoms with van der Waals surface area (Å²) < 4.78 is 5.13. The average molecular weight is 230 g/mol. The number of aliphatic hydroxyl groups is 1. The van der Waals surface area contributed by atoms with Crippen molar-refractivity contribution in [1.82, 2.24) is 9.97 Å². The van der Waals surface area contributed by atoms with Gasteiger partial charge in [0.2, 0.25) is 0 Å². The predicted octanol–water partition coefficient (Wildman–Crippen LogP) is 0.326. The lowest BCUT2D eigenvalue weighted by Gasteiger charge is -2.16. The first kappa shape index (κ1) is 10.6. The highest BCUT2D eigenvalue weighted by Gasteiger charge is 2.32. The number of hydrogen-bond donors (Lipinski definition) is 1. The van der Waals surface area contributed by atoms with Crippen molar-refractivity contribution < 1.29 is 9.84 Å². The van der Waals surface area contributed by atoms with Crippen LogP contribution in [0, 0.1) is 0 Å². The first-order valence-electron chi connectivity index (χ1n) is 4.64. The second kappa shape index (κ2) is 4.30. The summed E-state index contributed by atoms with van der Waals surface area (Å²) in [5.41, 5.74) is 0. The maximum Gasteiger partial charge on any atom is 0.171 e. The maximum absolute atomic E-state index is 9.65. The summed E-state index contributed by atoms with van der Waals surface area (Å²) in [6, 6.07) is 0. The van der Waals surface area contributed by atoms with E-state index in [0.29, 0.717) is 24.1 Å². The molecule has 0 amide bonds. The Morgan fingerprint density at radius 1 is 1.47 bits per heavy atom. The SMILES string of the molecule is CO[C@H]1CN(c2nccnc2Cl)C[C@H]1O. The molecule has 1 N–H and O–H groups in total. The molecule has 5 nitrogen and oxygen atoms in total. The third-order valence-corrected chi connectivity index (χ3v) is 2.74. The first-order valence-corrected chi connectivity index (χ1v) is 5.02. The fraction of sp³-hybridized carbons (Fsp3) is 0.556. The number of aromatic nitrogens is 2. The van der Waals surface area contributed by atoms with E-state index in [-0.39, 0.29) is 6.10 Å². The zero-order chi connectivity index (χ0) is 10.8. The summed E-state index contributed by atoms with van der Waals surface area (Å²) in [5, 5.41) is 10.0. The van der Waals surface area contributed by atoms with E-state index in [0.717, 1.165) is 0 Å². The minimum atomic E-state index is -0.506. The van der Waals surface area contributed by atoms with E-state index in [9.17, 15) is 5.11 Å². The van der Waals surface area contributed by atoms with Gasteiger partial charge in [-0.15, -0.1) is 0 Å². The predicted molar refractivity (Wildman–Crippen MR) is 56.1 cm³/mol.